The molecule has 186 valence electrons. The van der Waals surface area contributed by atoms with Crippen LogP contribution in [-0.4, -0.2) is 44.8 Å². The minimum Gasteiger partial charge on any atom is -0.497 e. The minimum absolute atomic E-state index is 0.134. The van der Waals surface area contributed by atoms with Gasteiger partial charge in [0, 0.05) is 31.4 Å². The number of ether oxygens (including phenoxy) is 2. The van der Waals surface area contributed by atoms with E-state index in [1.807, 2.05) is 12.1 Å². The number of hydrogen-bond acceptors (Lipinski definition) is 5. The number of rotatable bonds is 8. The molecule has 0 radical (unpaired) electrons. The van der Waals surface area contributed by atoms with Gasteiger partial charge in [-0.2, -0.15) is 0 Å². The molecule has 35 heavy (non-hydrogen) atoms. The normalized spacial score (nSPS) is 21.1. The summed E-state index contributed by atoms with van der Waals surface area (Å²) >= 11 is 6.67. The second-order valence-corrected chi connectivity index (χ2v) is 10.3. The van der Waals surface area contributed by atoms with Crippen molar-refractivity contribution in [3.63, 3.8) is 0 Å². The predicted molar refractivity (Wildman–Crippen MR) is 144 cm³/mol. The smallest absolute Gasteiger partial charge is 0.138 e. The van der Waals surface area contributed by atoms with Crippen molar-refractivity contribution in [2.45, 2.75) is 50.1 Å². The fourth-order valence-corrected chi connectivity index (χ4v) is 5.62. The van der Waals surface area contributed by atoms with Gasteiger partial charge < -0.3 is 20.1 Å². The maximum Gasteiger partial charge on any atom is 0.138 e. The highest BCUT2D eigenvalue weighted by Crippen LogP contribution is 2.44. The molecule has 1 saturated heterocycles. The summed E-state index contributed by atoms with van der Waals surface area (Å²) < 4.78 is 10.9. The number of anilines is 1. The van der Waals surface area contributed by atoms with E-state index >= 15 is 0 Å². The molecule has 0 amide bonds. The fraction of sp³-hybridized carbons (Fsp3) is 0.448. The van der Waals surface area contributed by atoms with E-state index in [9.17, 15) is 0 Å². The van der Waals surface area contributed by atoms with Gasteiger partial charge in [-0.3, -0.25) is 4.90 Å². The van der Waals surface area contributed by atoms with Crippen molar-refractivity contribution < 1.29 is 9.47 Å². The molecule has 2 N–H and O–H groups in total. The molecule has 6 heteroatoms. The summed E-state index contributed by atoms with van der Waals surface area (Å²) in [4.78, 5) is 2.56. The lowest BCUT2D eigenvalue weighted by molar-refractivity contribution is 0.236. The lowest BCUT2D eigenvalue weighted by Crippen LogP contribution is -2.40. The summed E-state index contributed by atoms with van der Waals surface area (Å²) in [5.74, 6) is 2.24. The summed E-state index contributed by atoms with van der Waals surface area (Å²) in [6.07, 6.45) is 12.7. The first kappa shape index (κ1) is 24.1. The van der Waals surface area contributed by atoms with E-state index in [2.05, 4.69) is 58.2 Å². The number of benzene rings is 2. The van der Waals surface area contributed by atoms with Gasteiger partial charge >= 0.3 is 0 Å². The topological polar surface area (TPSA) is 45.8 Å². The maximum atomic E-state index is 6.67. The third-order valence-corrected chi connectivity index (χ3v) is 8.03. The van der Waals surface area contributed by atoms with Crippen LogP contribution in [0.2, 0.25) is 5.02 Å². The largest absolute Gasteiger partial charge is 0.497 e. The molecule has 1 unspecified atom stereocenters. The van der Waals surface area contributed by atoms with Crippen LogP contribution in [0.1, 0.15) is 55.2 Å². The molecule has 2 aromatic carbocycles. The van der Waals surface area contributed by atoms with E-state index in [1.165, 1.54) is 36.0 Å². The molecule has 2 heterocycles. The number of nitrogens with one attached hydrogen (secondary N) is 2. The Morgan fingerprint density at radius 1 is 1.03 bits per heavy atom. The van der Waals surface area contributed by atoms with E-state index in [0.29, 0.717) is 12.0 Å². The van der Waals surface area contributed by atoms with Gasteiger partial charge in [0.15, 0.2) is 0 Å². The third-order valence-electron chi connectivity index (χ3n) is 7.62. The monoisotopic (exact) mass is 493 g/mol. The highest BCUT2D eigenvalue weighted by molar-refractivity contribution is 6.33. The quantitative estimate of drug-likeness (QED) is 0.452. The molecule has 1 aliphatic carbocycles. The lowest BCUT2D eigenvalue weighted by atomic mass is 9.79. The third kappa shape index (κ3) is 5.62. The Morgan fingerprint density at radius 3 is 2.46 bits per heavy atom. The Labute approximate surface area is 214 Å². The number of likely N-dealkylation sites (tertiary alicyclic amines) is 1. The van der Waals surface area contributed by atoms with E-state index in [1.54, 1.807) is 14.2 Å². The highest BCUT2D eigenvalue weighted by Gasteiger charge is 2.26. The van der Waals surface area contributed by atoms with E-state index in [0.717, 1.165) is 54.7 Å². The van der Waals surface area contributed by atoms with Crippen LogP contribution in [0.15, 0.2) is 60.3 Å². The average molecular weight is 494 g/mol. The van der Waals surface area contributed by atoms with Gasteiger partial charge in [0.2, 0.25) is 0 Å². The fourth-order valence-electron chi connectivity index (χ4n) is 5.28. The van der Waals surface area contributed by atoms with Gasteiger partial charge in [0.05, 0.1) is 25.3 Å². The van der Waals surface area contributed by atoms with Crippen molar-refractivity contribution >= 4 is 17.3 Å². The number of halogens is 1. The van der Waals surface area contributed by atoms with Crippen LogP contribution in [0.25, 0.3) is 0 Å². The number of methoxy groups -OCH3 is 2. The first-order chi connectivity index (χ1) is 17.1. The van der Waals surface area contributed by atoms with E-state index in [4.69, 9.17) is 21.1 Å². The number of nitrogens with zero attached hydrogens (tertiary/aromatic N) is 1. The van der Waals surface area contributed by atoms with Crippen LogP contribution < -0.4 is 20.1 Å². The molecule has 5 nitrogen and oxygen atoms in total. The second-order valence-electron chi connectivity index (χ2n) is 9.90. The molecule has 1 atom stereocenters. The summed E-state index contributed by atoms with van der Waals surface area (Å²) in [6, 6.07) is 13.2. The van der Waals surface area contributed by atoms with Crippen molar-refractivity contribution in [2.24, 2.45) is 0 Å². The van der Waals surface area contributed by atoms with Crippen molar-refractivity contribution in [1.29, 1.82) is 0 Å². The van der Waals surface area contributed by atoms with E-state index < -0.39 is 0 Å². The van der Waals surface area contributed by atoms with Gasteiger partial charge in [0.1, 0.15) is 11.5 Å². The Morgan fingerprint density at radius 2 is 1.80 bits per heavy atom. The molecule has 2 aliphatic heterocycles. The standard InChI is InChI=1S/C29H36ClN3O2/c1-34-25-8-6-23(7-9-25)32-24-11-14-33(15-12-24)19-20-10-13-31-27(16-20)22-17-26(21-4-3-5-21)29(30)28(18-22)35-2/h6-10,13,16-18,21,24,27,31-32H,3-5,11-12,14-15,19H2,1-2H3. The summed E-state index contributed by atoms with van der Waals surface area (Å²) in [7, 11) is 3.41. The molecule has 5 rings (SSSR count). The van der Waals surface area contributed by atoms with Crippen LogP contribution in [0, 0.1) is 0 Å². The van der Waals surface area contributed by atoms with Gasteiger partial charge in [-0.25, -0.2) is 0 Å². The molecule has 2 aromatic rings. The van der Waals surface area contributed by atoms with Gasteiger partial charge in [-0.15, -0.1) is 0 Å². The average Bonchev–Trinajstić information content (AvgIpc) is 2.86. The van der Waals surface area contributed by atoms with E-state index in [-0.39, 0.29) is 6.04 Å². The first-order valence-corrected chi connectivity index (χ1v) is 13.1. The zero-order valence-electron chi connectivity index (χ0n) is 20.7. The maximum absolute atomic E-state index is 6.67. The first-order valence-electron chi connectivity index (χ1n) is 12.8. The van der Waals surface area contributed by atoms with Crippen LogP contribution in [-0.2, 0) is 0 Å². The molecule has 1 saturated carbocycles. The zero-order chi connectivity index (χ0) is 24.2. The summed E-state index contributed by atoms with van der Waals surface area (Å²) in [5, 5.41) is 7.99. The minimum atomic E-state index is 0.134. The Bertz CT molecular complexity index is 1070. The Kier molecular flexibility index (Phi) is 7.54. The van der Waals surface area contributed by atoms with Crippen molar-refractivity contribution in [3.8, 4) is 11.5 Å². The molecule has 2 fully saturated rings. The van der Waals surface area contributed by atoms with Gasteiger partial charge in [-0.05, 0) is 90.9 Å². The second kappa shape index (κ2) is 11.0. The van der Waals surface area contributed by atoms with Crippen molar-refractivity contribution in [2.75, 3.05) is 39.2 Å². The van der Waals surface area contributed by atoms with Crippen LogP contribution in [0.3, 0.4) is 0 Å². The van der Waals surface area contributed by atoms with Crippen LogP contribution >= 0.6 is 11.6 Å². The number of piperidine rings is 1. The SMILES string of the molecule is COc1ccc(NC2CCN(CC3=CC(c4cc(OC)c(Cl)c(C5CCC5)c4)NC=C3)CC2)cc1. The Hall–Kier alpha value is -2.63. The predicted octanol–water partition coefficient (Wildman–Crippen LogP) is 6.29. The molecule has 0 spiro atoms. The molecular weight excluding hydrogens is 458 g/mol. The van der Waals surface area contributed by atoms with Crippen LogP contribution in [0.4, 0.5) is 5.69 Å². The number of dihydropyridines is 1. The van der Waals surface area contributed by atoms with Crippen molar-refractivity contribution in [1.82, 2.24) is 10.2 Å². The summed E-state index contributed by atoms with van der Waals surface area (Å²) in [6.45, 7) is 3.17. The van der Waals surface area contributed by atoms with Gasteiger partial charge in [-0.1, -0.05) is 30.2 Å². The molecular formula is C29H36ClN3O2. The summed E-state index contributed by atoms with van der Waals surface area (Å²) in [5.41, 5.74) is 4.98. The molecule has 0 aromatic heterocycles. The lowest BCUT2D eigenvalue weighted by Gasteiger charge is -2.34. The molecule has 0 bridgehead atoms. The van der Waals surface area contributed by atoms with Gasteiger partial charge in [0.25, 0.3) is 0 Å². The number of hydrogen-bond donors (Lipinski definition) is 2. The molecule has 3 aliphatic rings. The highest BCUT2D eigenvalue weighted by atomic mass is 35.5. The van der Waals surface area contributed by atoms with Crippen LogP contribution in [0.5, 0.6) is 11.5 Å². The zero-order valence-corrected chi connectivity index (χ0v) is 21.5. The Balaban J connectivity index is 1.20. The van der Waals surface area contributed by atoms with Crippen molar-refractivity contribution in [3.05, 3.63) is 76.5 Å².